The van der Waals surface area contributed by atoms with Crippen LogP contribution in [0.25, 0.3) is 105 Å². The molecule has 0 bridgehead atoms. The van der Waals surface area contributed by atoms with Crippen LogP contribution in [0.2, 0.25) is 0 Å². The molecule has 57 heavy (non-hydrogen) atoms. The van der Waals surface area contributed by atoms with Crippen molar-refractivity contribution in [3.8, 4) is 50.7 Å². The lowest BCUT2D eigenvalue weighted by Crippen LogP contribution is -2.15. The zero-order valence-corrected chi connectivity index (χ0v) is 31.5. The van der Waals surface area contributed by atoms with Gasteiger partial charge in [-0.25, -0.2) is 9.97 Å². The fraction of sp³-hybridized carbons (Fsp3) is 0.0566. The minimum absolute atomic E-state index is 0.223. The summed E-state index contributed by atoms with van der Waals surface area (Å²) in [6, 6.07) is 62.8. The molecule has 0 spiro atoms. The van der Waals surface area contributed by atoms with Crippen molar-refractivity contribution >= 4 is 54.5 Å². The molecule has 0 unspecified atom stereocenters. The van der Waals surface area contributed by atoms with Gasteiger partial charge in [0.2, 0.25) is 0 Å². The second-order valence-corrected chi connectivity index (χ2v) is 15.8. The van der Waals surface area contributed by atoms with Crippen molar-refractivity contribution in [2.75, 3.05) is 0 Å². The van der Waals surface area contributed by atoms with E-state index in [1.807, 2.05) is 30.3 Å². The van der Waals surface area contributed by atoms with Gasteiger partial charge in [0.15, 0.2) is 5.82 Å². The van der Waals surface area contributed by atoms with Gasteiger partial charge in [-0.2, -0.15) is 0 Å². The number of para-hydroxylation sites is 2. The SMILES string of the molecule is CC1(C)c2cc3oc4ccccc4c3cc2-c2cc3c4ccccc4n(-c4ccc(-c5cc(-c6ccccc6)nc(-c6ccccc6)n5)c5ccccc45)c3cc21. The summed E-state index contributed by atoms with van der Waals surface area (Å²) in [6.07, 6.45) is 0. The van der Waals surface area contributed by atoms with Crippen LogP contribution in [0.15, 0.2) is 180 Å². The van der Waals surface area contributed by atoms with Crippen LogP contribution in [0.3, 0.4) is 0 Å². The molecule has 0 saturated heterocycles. The summed E-state index contributed by atoms with van der Waals surface area (Å²) in [4.78, 5) is 10.3. The quantitative estimate of drug-likeness (QED) is 0.181. The van der Waals surface area contributed by atoms with Crippen molar-refractivity contribution in [2.24, 2.45) is 0 Å². The topological polar surface area (TPSA) is 43.9 Å². The van der Waals surface area contributed by atoms with E-state index in [0.29, 0.717) is 5.82 Å². The van der Waals surface area contributed by atoms with Gasteiger partial charge in [0.1, 0.15) is 11.2 Å². The predicted molar refractivity (Wildman–Crippen MR) is 235 cm³/mol. The Hall–Kier alpha value is -7.30. The number of rotatable bonds is 4. The first kappa shape index (κ1) is 32.0. The van der Waals surface area contributed by atoms with Crippen LogP contribution < -0.4 is 0 Å². The number of nitrogens with zero attached hydrogens (tertiary/aromatic N) is 3. The van der Waals surface area contributed by atoms with E-state index in [9.17, 15) is 0 Å². The number of benzene rings is 8. The highest BCUT2D eigenvalue weighted by atomic mass is 16.3. The van der Waals surface area contributed by atoms with Crippen LogP contribution in [0, 0.1) is 0 Å². The Kier molecular flexibility index (Phi) is 6.65. The van der Waals surface area contributed by atoms with E-state index in [4.69, 9.17) is 14.4 Å². The summed E-state index contributed by atoms with van der Waals surface area (Å²) in [5.41, 5.74) is 15.3. The summed E-state index contributed by atoms with van der Waals surface area (Å²) in [5.74, 6) is 0.709. The van der Waals surface area contributed by atoms with E-state index >= 15 is 0 Å². The Morgan fingerprint density at radius 1 is 0.421 bits per heavy atom. The Morgan fingerprint density at radius 3 is 1.82 bits per heavy atom. The van der Waals surface area contributed by atoms with Crippen molar-refractivity contribution in [2.45, 2.75) is 19.3 Å². The van der Waals surface area contributed by atoms with E-state index in [1.54, 1.807) is 0 Å². The zero-order valence-electron chi connectivity index (χ0n) is 31.5. The maximum atomic E-state index is 6.40. The fourth-order valence-electron chi connectivity index (χ4n) is 9.43. The molecule has 4 nitrogen and oxygen atoms in total. The molecule has 0 amide bonds. The second kappa shape index (κ2) is 11.8. The minimum Gasteiger partial charge on any atom is -0.456 e. The standard InChI is InChI=1S/C53H35N3O/c1-53(2)43-29-49-41(27-39(43)40-28-42-38-22-12-14-24-50(38)57-51(42)30-44(40)53)37-21-11-13-23-47(37)56(49)48-26-25-35(34-19-9-10-20-36(34)48)46-31-45(32-15-5-3-6-16-32)54-52(55-46)33-17-7-4-8-18-33/h3-31H,1-2H3. The molecule has 1 aliphatic carbocycles. The monoisotopic (exact) mass is 729 g/mol. The van der Waals surface area contributed by atoms with Gasteiger partial charge in [-0.05, 0) is 76.2 Å². The predicted octanol–water partition coefficient (Wildman–Crippen LogP) is 13.9. The summed E-state index contributed by atoms with van der Waals surface area (Å²) in [6.45, 7) is 4.70. The second-order valence-electron chi connectivity index (χ2n) is 15.8. The largest absolute Gasteiger partial charge is 0.456 e. The molecule has 0 atom stereocenters. The van der Waals surface area contributed by atoms with Gasteiger partial charge in [0.25, 0.3) is 0 Å². The van der Waals surface area contributed by atoms with Crippen LogP contribution >= 0.6 is 0 Å². The van der Waals surface area contributed by atoms with Crippen LogP contribution in [-0.2, 0) is 5.41 Å². The molecule has 3 aromatic heterocycles. The fourth-order valence-corrected chi connectivity index (χ4v) is 9.43. The third-order valence-electron chi connectivity index (χ3n) is 12.2. The van der Waals surface area contributed by atoms with Gasteiger partial charge >= 0.3 is 0 Å². The van der Waals surface area contributed by atoms with Crippen molar-refractivity contribution in [1.82, 2.24) is 14.5 Å². The summed E-state index contributed by atoms with van der Waals surface area (Å²) < 4.78 is 8.87. The molecule has 1 aliphatic rings. The number of aromatic nitrogens is 3. The van der Waals surface area contributed by atoms with Crippen LogP contribution in [0.5, 0.6) is 0 Å². The van der Waals surface area contributed by atoms with Crippen LogP contribution in [0.4, 0.5) is 0 Å². The molecule has 0 aliphatic heterocycles. The number of fused-ring (bicyclic) bond motifs is 10. The van der Waals surface area contributed by atoms with Gasteiger partial charge in [-0.15, -0.1) is 0 Å². The molecule has 268 valence electrons. The maximum Gasteiger partial charge on any atom is 0.160 e. The first-order valence-corrected chi connectivity index (χ1v) is 19.6. The van der Waals surface area contributed by atoms with E-state index in [-0.39, 0.29) is 5.41 Å². The Labute approximate surface area is 329 Å². The molecule has 0 N–H and O–H groups in total. The van der Waals surface area contributed by atoms with Gasteiger partial charge in [0.05, 0.1) is 28.1 Å². The van der Waals surface area contributed by atoms with Crippen LogP contribution in [-0.4, -0.2) is 14.5 Å². The normalized spacial score (nSPS) is 13.2. The number of hydrogen-bond acceptors (Lipinski definition) is 3. The maximum absolute atomic E-state index is 6.40. The summed E-state index contributed by atoms with van der Waals surface area (Å²) in [5, 5.41) is 7.10. The van der Waals surface area contributed by atoms with Crippen LogP contribution in [0.1, 0.15) is 25.0 Å². The molecule has 4 heteroatoms. The molecular weight excluding hydrogens is 695 g/mol. The summed E-state index contributed by atoms with van der Waals surface area (Å²) in [7, 11) is 0. The molecule has 8 aromatic carbocycles. The molecule has 12 rings (SSSR count). The third kappa shape index (κ3) is 4.68. The lowest BCUT2D eigenvalue weighted by Gasteiger charge is -2.22. The Morgan fingerprint density at radius 2 is 1.04 bits per heavy atom. The molecular formula is C53H35N3O. The lowest BCUT2D eigenvalue weighted by atomic mass is 9.82. The van der Waals surface area contributed by atoms with Crippen molar-refractivity contribution < 1.29 is 4.42 Å². The minimum atomic E-state index is -0.223. The van der Waals surface area contributed by atoms with Crippen molar-refractivity contribution in [3.05, 3.63) is 187 Å². The first-order chi connectivity index (χ1) is 28.0. The van der Waals surface area contributed by atoms with Gasteiger partial charge in [-0.3, -0.25) is 0 Å². The smallest absolute Gasteiger partial charge is 0.160 e. The third-order valence-corrected chi connectivity index (χ3v) is 12.2. The highest BCUT2D eigenvalue weighted by Gasteiger charge is 2.37. The van der Waals surface area contributed by atoms with E-state index in [0.717, 1.165) is 66.5 Å². The first-order valence-electron chi connectivity index (χ1n) is 19.6. The molecule has 0 fully saturated rings. The highest BCUT2D eigenvalue weighted by Crippen LogP contribution is 2.53. The van der Waals surface area contributed by atoms with Gasteiger partial charge in [0, 0.05) is 49.0 Å². The molecule has 3 heterocycles. The van der Waals surface area contributed by atoms with Gasteiger partial charge < -0.3 is 8.98 Å². The summed E-state index contributed by atoms with van der Waals surface area (Å²) >= 11 is 0. The number of furan rings is 1. The average Bonchev–Trinajstić information content (AvgIpc) is 3.87. The molecule has 0 saturated carbocycles. The molecule has 11 aromatic rings. The van der Waals surface area contributed by atoms with Crippen molar-refractivity contribution in [3.63, 3.8) is 0 Å². The van der Waals surface area contributed by atoms with Gasteiger partial charge in [-0.1, -0.05) is 141 Å². The Bertz CT molecular complexity index is 3370. The van der Waals surface area contributed by atoms with E-state index in [2.05, 4.69) is 164 Å². The highest BCUT2D eigenvalue weighted by molar-refractivity contribution is 6.14. The Balaban J connectivity index is 1.09. The van der Waals surface area contributed by atoms with E-state index in [1.165, 1.54) is 44.1 Å². The average molecular weight is 730 g/mol. The van der Waals surface area contributed by atoms with Crippen molar-refractivity contribution in [1.29, 1.82) is 0 Å². The lowest BCUT2D eigenvalue weighted by molar-refractivity contribution is 0.647. The molecule has 0 radical (unpaired) electrons. The zero-order chi connectivity index (χ0) is 37.8. The number of hydrogen-bond donors (Lipinski definition) is 0. The van der Waals surface area contributed by atoms with E-state index < -0.39 is 0 Å².